The summed E-state index contributed by atoms with van der Waals surface area (Å²) in [6, 6.07) is 0. The highest BCUT2D eigenvalue weighted by Crippen LogP contribution is 1.98. The number of rotatable bonds is 2. The molecule has 0 spiro atoms. The Morgan fingerprint density at radius 1 is 1.57 bits per heavy atom. The molecule has 0 aliphatic heterocycles. The van der Waals surface area contributed by atoms with Gasteiger partial charge in [-0.05, 0) is 11.6 Å². The molecule has 0 amide bonds. The summed E-state index contributed by atoms with van der Waals surface area (Å²) in [5.41, 5.74) is 0. The van der Waals surface area contributed by atoms with Gasteiger partial charge in [0.2, 0.25) is 5.22 Å². The molecule has 0 unspecified atom stereocenters. The summed E-state index contributed by atoms with van der Waals surface area (Å²) in [7, 11) is 2.97. The highest BCUT2D eigenvalue weighted by Gasteiger charge is 1.81. The first-order valence-electron chi connectivity index (χ1n) is 1.73. The van der Waals surface area contributed by atoms with Crippen molar-refractivity contribution in [3.8, 4) is 0 Å². The van der Waals surface area contributed by atoms with Crippen molar-refractivity contribution < 1.29 is 9.47 Å². The van der Waals surface area contributed by atoms with Gasteiger partial charge in [0.05, 0.1) is 14.2 Å². The van der Waals surface area contributed by atoms with Crippen LogP contribution in [0.5, 0.6) is 0 Å². The molecule has 0 fully saturated rings. The largest absolute Gasteiger partial charge is 0.500 e. The van der Waals surface area contributed by atoms with E-state index in [-0.39, 0.29) is 5.22 Å². The lowest BCUT2D eigenvalue weighted by Crippen LogP contribution is -1.75. The molecule has 0 atom stereocenters. The molecule has 0 aliphatic rings. The zero-order valence-electron chi connectivity index (χ0n) is 4.27. The first-order chi connectivity index (χ1) is 3.31. The van der Waals surface area contributed by atoms with Gasteiger partial charge in [0, 0.05) is 0 Å². The Morgan fingerprint density at radius 2 is 2.14 bits per heavy atom. The minimum Gasteiger partial charge on any atom is -0.500 e. The summed E-state index contributed by atoms with van der Waals surface area (Å²) in [5.74, 6) is 0. The molecule has 7 heavy (non-hydrogen) atoms. The smallest absolute Gasteiger partial charge is 0.222 e. The lowest BCUT2D eigenvalue weighted by molar-refractivity contribution is 0.272. The third-order valence-corrected chi connectivity index (χ3v) is 0.649. The molecule has 0 N–H and O–H groups in total. The molecule has 0 bridgehead atoms. The van der Waals surface area contributed by atoms with Crippen molar-refractivity contribution in [1.82, 2.24) is 0 Å². The fourth-order valence-electron chi connectivity index (χ4n) is 0.141. The van der Waals surface area contributed by atoms with E-state index in [0.717, 1.165) is 0 Å². The Kier molecular flexibility index (Phi) is 3.61. The molecule has 0 aromatic carbocycles. The molecule has 3 heteroatoms. The lowest BCUT2D eigenvalue weighted by atomic mass is 11.0. The molecule has 2 nitrogen and oxygen atoms in total. The number of halogens is 1. The summed E-state index contributed by atoms with van der Waals surface area (Å²) >= 11 is 5.28. The Morgan fingerprint density at radius 3 is 2.29 bits per heavy atom. The van der Waals surface area contributed by atoms with Crippen molar-refractivity contribution in [3.05, 3.63) is 11.5 Å². The first kappa shape index (κ1) is 6.63. The van der Waals surface area contributed by atoms with Crippen LogP contribution in [0.2, 0.25) is 0 Å². The second kappa shape index (κ2) is 3.81. The van der Waals surface area contributed by atoms with E-state index < -0.39 is 0 Å². The summed E-state index contributed by atoms with van der Waals surface area (Å²) in [5, 5.41) is 0.252. The van der Waals surface area contributed by atoms with Gasteiger partial charge in [-0.25, -0.2) is 0 Å². The number of ether oxygens (including phenoxy) is 2. The van der Waals surface area contributed by atoms with Crippen LogP contribution in [-0.2, 0) is 9.47 Å². The van der Waals surface area contributed by atoms with Gasteiger partial charge in [-0.15, -0.1) is 0 Å². The summed E-state index contributed by atoms with van der Waals surface area (Å²) in [6.07, 6.45) is 1.31. The molecule has 0 heterocycles. The van der Waals surface area contributed by atoms with Gasteiger partial charge in [0.25, 0.3) is 0 Å². The van der Waals surface area contributed by atoms with Crippen LogP contribution in [0.4, 0.5) is 0 Å². The maximum atomic E-state index is 5.28. The number of hydrogen-bond acceptors (Lipinski definition) is 2. The molecule has 0 saturated heterocycles. The van der Waals surface area contributed by atoms with Gasteiger partial charge >= 0.3 is 0 Å². The maximum absolute atomic E-state index is 5.28. The van der Waals surface area contributed by atoms with Crippen LogP contribution in [-0.4, -0.2) is 14.2 Å². The molecule has 0 aromatic heterocycles. The van der Waals surface area contributed by atoms with Crippen LogP contribution < -0.4 is 0 Å². The van der Waals surface area contributed by atoms with Gasteiger partial charge in [0.1, 0.15) is 6.26 Å². The van der Waals surface area contributed by atoms with Crippen LogP contribution in [0.15, 0.2) is 11.5 Å². The van der Waals surface area contributed by atoms with Gasteiger partial charge in [-0.2, -0.15) is 0 Å². The highest BCUT2D eigenvalue weighted by molar-refractivity contribution is 6.28. The van der Waals surface area contributed by atoms with Gasteiger partial charge in [-0.1, -0.05) is 0 Å². The summed E-state index contributed by atoms with van der Waals surface area (Å²) in [6.45, 7) is 0. The van der Waals surface area contributed by atoms with Crippen LogP contribution in [0.3, 0.4) is 0 Å². The fourth-order valence-corrected chi connectivity index (χ4v) is 0.230. The highest BCUT2D eigenvalue weighted by atomic mass is 35.5. The van der Waals surface area contributed by atoms with Crippen LogP contribution in [0.1, 0.15) is 0 Å². The summed E-state index contributed by atoms with van der Waals surface area (Å²) in [4.78, 5) is 0. The standard InChI is InChI=1S/C4H7ClO2/c1-6-3-4(5)7-2/h3H,1-2H3/b4-3-. The van der Waals surface area contributed by atoms with Crippen molar-refractivity contribution in [2.24, 2.45) is 0 Å². The van der Waals surface area contributed by atoms with Crippen molar-refractivity contribution in [3.63, 3.8) is 0 Å². The number of methoxy groups -OCH3 is 2. The van der Waals surface area contributed by atoms with E-state index in [1.54, 1.807) is 0 Å². The Bertz CT molecular complexity index is 70.1. The predicted octanol–water partition coefficient (Wildman–Crippen LogP) is 1.32. The monoisotopic (exact) mass is 122 g/mol. The summed E-state index contributed by atoms with van der Waals surface area (Å²) < 4.78 is 8.97. The Labute approximate surface area is 47.7 Å². The van der Waals surface area contributed by atoms with E-state index in [2.05, 4.69) is 9.47 Å². The molecular weight excluding hydrogens is 115 g/mol. The van der Waals surface area contributed by atoms with Gasteiger partial charge in [-0.3, -0.25) is 0 Å². The molecule has 0 radical (unpaired) electrons. The van der Waals surface area contributed by atoms with Crippen molar-refractivity contribution >= 4 is 11.6 Å². The fraction of sp³-hybridized carbons (Fsp3) is 0.500. The van der Waals surface area contributed by atoms with E-state index >= 15 is 0 Å². The molecule has 0 rings (SSSR count). The quantitative estimate of drug-likeness (QED) is 0.515. The first-order valence-corrected chi connectivity index (χ1v) is 2.11. The minimum atomic E-state index is 0.252. The molecule has 0 aliphatic carbocycles. The average Bonchev–Trinajstić information content (AvgIpc) is 1.68. The molecule has 42 valence electrons. The second-order valence-electron chi connectivity index (χ2n) is 0.862. The molecule has 0 aromatic rings. The van der Waals surface area contributed by atoms with Gasteiger partial charge in [0.15, 0.2) is 0 Å². The van der Waals surface area contributed by atoms with E-state index in [4.69, 9.17) is 11.6 Å². The average molecular weight is 123 g/mol. The molecular formula is C4H7ClO2. The van der Waals surface area contributed by atoms with E-state index in [1.807, 2.05) is 0 Å². The van der Waals surface area contributed by atoms with E-state index in [1.165, 1.54) is 20.5 Å². The van der Waals surface area contributed by atoms with Crippen molar-refractivity contribution in [2.75, 3.05) is 14.2 Å². The zero-order chi connectivity index (χ0) is 5.70. The topological polar surface area (TPSA) is 18.5 Å². The van der Waals surface area contributed by atoms with Crippen LogP contribution in [0, 0.1) is 0 Å². The third kappa shape index (κ3) is 3.46. The number of hydrogen-bond donors (Lipinski definition) is 0. The van der Waals surface area contributed by atoms with Crippen molar-refractivity contribution in [2.45, 2.75) is 0 Å². The minimum absolute atomic E-state index is 0.252. The lowest BCUT2D eigenvalue weighted by Gasteiger charge is -1.91. The van der Waals surface area contributed by atoms with Crippen LogP contribution in [0.25, 0.3) is 0 Å². The SMILES string of the molecule is CO/C=C(/Cl)OC. The normalized spacial score (nSPS) is 11.0. The molecule has 0 saturated carbocycles. The Hall–Kier alpha value is -0.370. The van der Waals surface area contributed by atoms with Crippen LogP contribution >= 0.6 is 11.6 Å². The van der Waals surface area contributed by atoms with Crippen molar-refractivity contribution in [1.29, 1.82) is 0 Å². The third-order valence-electron chi connectivity index (χ3n) is 0.406. The van der Waals surface area contributed by atoms with E-state index in [9.17, 15) is 0 Å². The second-order valence-corrected chi connectivity index (χ2v) is 1.23. The maximum Gasteiger partial charge on any atom is 0.222 e. The zero-order valence-corrected chi connectivity index (χ0v) is 5.03. The Balaban J connectivity index is 3.29. The predicted molar refractivity (Wildman–Crippen MR) is 28.0 cm³/mol. The van der Waals surface area contributed by atoms with Gasteiger partial charge < -0.3 is 9.47 Å². The van der Waals surface area contributed by atoms with E-state index in [0.29, 0.717) is 0 Å².